The fourth-order valence-corrected chi connectivity index (χ4v) is 3.20. The van der Waals surface area contributed by atoms with Gasteiger partial charge in [0.15, 0.2) is 0 Å². The predicted molar refractivity (Wildman–Crippen MR) is 88.7 cm³/mol. The van der Waals surface area contributed by atoms with Crippen molar-refractivity contribution in [3.05, 3.63) is 12.2 Å². The number of hydrogen-bond acceptors (Lipinski definition) is 4. The van der Waals surface area contributed by atoms with E-state index in [9.17, 15) is 9.36 Å². The van der Waals surface area contributed by atoms with E-state index in [1.165, 1.54) is 0 Å². The number of ether oxygens (including phenoxy) is 1. The molecule has 2 N–H and O–H groups in total. The Bertz CT molecular complexity index is 421. The molecule has 0 bridgehead atoms. The lowest BCUT2D eigenvalue weighted by atomic mass is 10.1. The standard InChI is InChI=1S/C15H30NO6P/c1-6-16(7-2,8-3)14(10-12-22-23(18,19)20)9-11-21-15(17)13(4)5/h14H,4,6-12H2,1-3,5H3,(H-,18,19,20)/p+1. The third-order valence-electron chi connectivity index (χ3n) is 4.41. The van der Waals surface area contributed by atoms with Gasteiger partial charge in [-0.1, -0.05) is 6.58 Å². The molecule has 1 atom stereocenters. The van der Waals surface area contributed by atoms with E-state index in [-0.39, 0.29) is 19.3 Å². The van der Waals surface area contributed by atoms with E-state index in [4.69, 9.17) is 14.5 Å². The van der Waals surface area contributed by atoms with Gasteiger partial charge in [-0.15, -0.1) is 0 Å². The zero-order valence-electron chi connectivity index (χ0n) is 14.7. The van der Waals surface area contributed by atoms with Crippen LogP contribution in [0, 0.1) is 0 Å². The number of rotatable bonds is 12. The second-order valence-corrected chi connectivity index (χ2v) is 6.88. The summed E-state index contributed by atoms with van der Waals surface area (Å²) in [5, 5.41) is 0. The average molecular weight is 352 g/mol. The van der Waals surface area contributed by atoms with Crippen molar-refractivity contribution in [3.8, 4) is 0 Å². The molecule has 0 aromatic rings. The number of carbonyl (C=O) groups excluding carboxylic acids is 1. The molecule has 0 amide bonds. The first-order valence-corrected chi connectivity index (χ1v) is 9.53. The van der Waals surface area contributed by atoms with Crippen LogP contribution in [0.5, 0.6) is 0 Å². The molecule has 0 heterocycles. The lowest BCUT2D eigenvalue weighted by Gasteiger charge is -2.43. The summed E-state index contributed by atoms with van der Waals surface area (Å²) in [7, 11) is -4.46. The third kappa shape index (κ3) is 8.08. The molecule has 0 aromatic carbocycles. The molecule has 136 valence electrons. The second kappa shape index (κ2) is 10.2. The minimum Gasteiger partial charge on any atom is -0.462 e. The molecule has 0 fully saturated rings. The Kier molecular flexibility index (Phi) is 9.89. The van der Waals surface area contributed by atoms with Crippen molar-refractivity contribution in [1.82, 2.24) is 0 Å². The number of nitrogens with zero attached hydrogens (tertiary/aromatic N) is 1. The number of esters is 1. The van der Waals surface area contributed by atoms with Crippen LogP contribution >= 0.6 is 7.82 Å². The first-order chi connectivity index (χ1) is 10.6. The second-order valence-electron chi connectivity index (χ2n) is 5.64. The highest BCUT2D eigenvalue weighted by molar-refractivity contribution is 7.46. The number of hydrogen-bond donors (Lipinski definition) is 2. The van der Waals surface area contributed by atoms with E-state index in [2.05, 4.69) is 31.9 Å². The lowest BCUT2D eigenvalue weighted by Crippen LogP contribution is -2.55. The van der Waals surface area contributed by atoms with Crippen molar-refractivity contribution in [2.75, 3.05) is 32.8 Å². The quantitative estimate of drug-likeness (QED) is 0.242. The van der Waals surface area contributed by atoms with Gasteiger partial charge in [0.05, 0.1) is 38.9 Å². The smallest absolute Gasteiger partial charge is 0.462 e. The normalized spacial score (nSPS) is 13.7. The molecule has 0 saturated heterocycles. The Hall–Kier alpha value is -0.720. The SMILES string of the molecule is C=C(C)C(=O)OCCC(CCOP(=O)(O)O)[N+](CC)(CC)CC. The van der Waals surface area contributed by atoms with Crippen LogP contribution in [0.1, 0.15) is 40.5 Å². The molecule has 7 nitrogen and oxygen atoms in total. The first kappa shape index (κ1) is 22.3. The van der Waals surface area contributed by atoms with Crippen LogP contribution in [0.25, 0.3) is 0 Å². The number of phosphoric ester groups is 1. The van der Waals surface area contributed by atoms with Crippen LogP contribution in [0.15, 0.2) is 12.2 Å². The number of phosphoric acid groups is 1. The van der Waals surface area contributed by atoms with Gasteiger partial charge in [0, 0.05) is 18.4 Å². The van der Waals surface area contributed by atoms with E-state index < -0.39 is 13.8 Å². The summed E-state index contributed by atoms with van der Waals surface area (Å²) in [6.45, 7) is 14.3. The highest BCUT2D eigenvalue weighted by Gasteiger charge is 2.32. The van der Waals surface area contributed by atoms with Gasteiger partial charge in [0.25, 0.3) is 0 Å². The van der Waals surface area contributed by atoms with Crippen LogP contribution in [-0.4, -0.2) is 59.1 Å². The van der Waals surface area contributed by atoms with E-state index in [0.717, 1.165) is 24.1 Å². The Balaban J connectivity index is 4.82. The summed E-state index contributed by atoms with van der Waals surface area (Å²) in [6, 6.07) is 0.0967. The average Bonchev–Trinajstić information content (AvgIpc) is 2.47. The van der Waals surface area contributed by atoms with E-state index in [0.29, 0.717) is 18.4 Å². The van der Waals surface area contributed by atoms with Crippen molar-refractivity contribution in [3.63, 3.8) is 0 Å². The Morgan fingerprint density at radius 1 is 1.13 bits per heavy atom. The Morgan fingerprint density at radius 2 is 1.61 bits per heavy atom. The Morgan fingerprint density at radius 3 is 2.00 bits per heavy atom. The van der Waals surface area contributed by atoms with Crippen molar-refractivity contribution in [2.45, 2.75) is 46.6 Å². The van der Waals surface area contributed by atoms with Crippen LogP contribution in [-0.2, 0) is 18.6 Å². The maximum Gasteiger partial charge on any atom is 0.469 e. The minimum atomic E-state index is -4.46. The summed E-state index contributed by atoms with van der Waals surface area (Å²) in [5.74, 6) is -0.419. The van der Waals surface area contributed by atoms with Crippen LogP contribution in [0.2, 0.25) is 0 Å². The first-order valence-electron chi connectivity index (χ1n) is 8.00. The molecule has 8 heteroatoms. The molecule has 0 aliphatic heterocycles. The van der Waals surface area contributed by atoms with Crippen molar-refractivity contribution in [1.29, 1.82) is 0 Å². The molecular formula is C15H31NO6P+. The lowest BCUT2D eigenvalue weighted by molar-refractivity contribution is -0.947. The number of carbonyl (C=O) groups is 1. The summed E-state index contributed by atoms with van der Waals surface area (Å²) in [4.78, 5) is 29.1. The molecule has 0 aliphatic rings. The molecular weight excluding hydrogens is 321 g/mol. The van der Waals surface area contributed by atoms with E-state index >= 15 is 0 Å². The molecule has 0 rings (SSSR count). The van der Waals surface area contributed by atoms with Gasteiger partial charge in [-0.05, 0) is 27.7 Å². The van der Waals surface area contributed by atoms with Gasteiger partial charge in [-0.25, -0.2) is 9.36 Å². The highest BCUT2D eigenvalue weighted by atomic mass is 31.2. The van der Waals surface area contributed by atoms with Gasteiger partial charge >= 0.3 is 13.8 Å². The van der Waals surface area contributed by atoms with Gasteiger partial charge in [0.2, 0.25) is 0 Å². The molecule has 0 aromatic heterocycles. The summed E-state index contributed by atoms with van der Waals surface area (Å²) < 4.78 is 21.4. The minimum absolute atomic E-state index is 0.0244. The van der Waals surface area contributed by atoms with Crippen LogP contribution in [0.3, 0.4) is 0 Å². The largest absolute Gasteiger partial charge is 0.469 e. The zero-order chi connectivity index (χ0) is 18.1. The highest BCUT2D eigenvalue weighted by Crippen LogP contribution is 2.36. The van der Waals surface area contributed by atoms with Gasteiger partial charge in [-0.3, -0.25) is 4.52 Å². The maximum atomic E-state index is 11.5. The van der Waals surface area contributed by atoms with Gasteiger partial charge in [-0.2, -0.15) is 0 Å². The van der Waals surface area contributed by atoms with Gasteiger partial charge in [0.1, 0.15) is 0 Å². The molecule has 0 saturated carbocycles. The molecule has 1 unspecified atom stereocenters. The zero-order valence-corrected chi connectivity index (χ0v) is 15.6. The number of quaternary nitrogens is 1. The molecule has 0 radical (unpaired) electrons. The van der Waals surface area contributed by atoms with Crippen molar-refractivity contribution < 1.29 is 32.9 Å². The van der Waals surface area contributed by atoms with E-state index in [1.807, 2.05) is 0 Å². The van der Waals surface area contributed by atoms with Crippen LogP contribution < -0.4 is 0 Å². The third-order valence-corrected chi connectivity index (χ3v) is 4.93. The molecule has 0 aliphatic carbocycles. The summed E-state index contributed by atoms with van der Waals surface area (Å²) in [6.07, 6.45) is 1.10. The summed E-state index contributed by atoms with van der Waals surface area (Å²) in [5.41, 5.74) is 0.355. The monoisotopic (exact) mass is 352 g/mol. The fourth-order valence-electron chi connectivity index (χ4n) is 2.86. The molecule has 0 spiro atoms. The fraction of sp³-hybridized carbons (Fsp3) is 0.800. The topological polar surface area (TPSA) is 93.1 Å². The van der Waals surface area contributed by atoms with Crippen molar-refractivity contribution in [2.24, 2.45) is 0 Å². The molecule has 23 heavy (non-hydrogen) atoms. The Labute approximate surface area is 139 Å². The van der Waals surface area contributed by atoms with Crippen molar-refractivity contribution >= 4 is 13.8 Å². The summed E-state index contributed by atoms with van der Waals surface area (Å²) >= 11 is 0. The van der Waals surface area contributed by atoms with Crippen LogP contribution in [0.4, 0.5) is 0 Å². The van der Waals surface area contributed by atoms with Gasteiger partial charge < -0.3 is 19.0 Å². The predicted octanol–water partition coefficient (Wildman–Crippen LogP) is 2.24. The maximum absolute atomic E-state index is 11.5. The van der Waals surface area contributed by atoms with E-state index in [1.54, 1.807) is 6.92 Å².